The van der Waals surface area contributed by atoms with Gasteiger partial charge in [0.15, 0.2) is 13.7 Å². The summed E-state index contributed by atoms with van der Waals surface area (Å²) in [6.07, 6.45) is 0.316. The number of hydrazine groups is 1. The quantitative estimate of drug-likeness (QED) is 0.361. The summed E-state index contributed by atoms with van der Waals surface area (Å²) < 4.78 is 11.3. The fourth-order valence-electron chi connectivity index (χ4n) is 2.10. The zero-order valence-corrected chi connectivity index (χ0v) is 12.0. The summed E-state index contributed by atoms with van der Waals surface area (Å²) in [5.41, 5.74) is 6.44. The average molecular weight is 309 g/mol. The zero-order chi connectivity index (χ0) is 15.5. The Morgan fingerprint density at radius 3 is 2.67 bits per heavy atom. The van der Waals surface area contributed by atoms with Crippen LogP contribution in [-0.4, -0.2) is 34.8 Å². The first kappa shape index (κ1) is 15.4. The lowest BCUT2D eigenvalue weighted by atomic mass is 9.99. The Hall–Kier alpha value is -2.02. The molecule has 0 radical (unpaired) electrons. The number of nitrogens with one attached hydrogen (secondary N) is 2. The van der Waals surface area contributed by atoms with Gasteiger partial charge >= 0.3 is 6.03 Å². The van der Waals surface area contributed by atoms with E-state index < -0.39 is 31.7 Å². The Kier molecular flexibility index (Phi) is 4.52. The predicted molar refractivity (Wildman–Crippen MR) is 77.4 cm³/mol. The maximum absolute atomic E-state index is 11.9. The van der Waals surface area contributed by atoms with Gasteiger partial charge in [0.25, 0.3) is 5.91 Å². The second kappa shape index (κ2) is 6.17. The number of para-hydroxylation sites is 1. The van der Waals surface area contributed by atoms with Crippen molar-refractivity contribution in [3.8, 4) is 0 Å². The van der Waals surface area contributed by atoms with Gasteiger partial charge in [-0.2, -0.15) is 0 Å². The Balaban J connectivity index is 2.06. The van der Waals surface area contributed by atoms with Crippen LogP contribution in [0.2, 0.25) is 0 Å². The first-order valence-electron chi connectivity index (χ1n) is 6.30. The number of benzene rings is 1. The third-order valence-corrected chi connectivity index (χ3v) is 4.09. The molecule has 2 rings (SSSR count). The summed E-state index contributed by atoms with van der Waals surface area (Å²) in [7, 11) is -0.591. The first-order valence-corrected chi connectivity index (χ1v) is 7.11. The van der Waals surface area contributed by atoms with E-state index in [0.717, 1.165) is 5.01 Å². The molecular formula is C12H16N5O3P. The van der Waals surface area contributed by atoms with E-state index in [1.54, 1.807) is 24.3 Å². The van der Waals surface area contributed by atoms with Gasteiger partial charge in [-0.15, -0.1) is 0 Å². The minimum Gasteiger partial charge on any atom is -0.332 e. The van der Waals surface area contributed by atoms with Crippen molar-refractivity contribution in [3.05, 3.63) is 30.3 Å². The van der Waals surface area contributed by atoms with Gasteiger partial charge in [0.05, 0.1) is 6.04 Å². The van der Waals surface area contributed by atoms with Crippen molar-refractivity contribution in [1.82, 2.24) is 10.3 Å². The zero-order valence-electron chi connectivity index (χ0n) is 11.2. The van der Waals surface area contributed by atoms with Crippen LogP contribution in [0.5, 0.6) is 0 Å². The monoisotopic (exact) mass is 309 g/mol. The minimum absolute atomic E-state index is 0.226. The van der Waals surface area contributed by atoms with Gasteiger partial charge in [-0.3, -0.25) is 14.4 Å². The molecule has 1 aromatic rings. The number of piperidine rings is 1. The number of nitrogens with zero attached hydrogens (tertiary/aromatic N) is 1. The van der Waals surface area contributed by atoms with Gasteiger partial charge in [0, 0.05) is 12.2 Å². The van der Waals surface area contributed by atoms with Gasteiger partial charge in [-0.25, -0.2) is 10.6 Å². The van der Waals surface area contributed by atoms with Gasteiger partial charge in [0.1, 0.15) is 0 Å². The number of carbonyl (C=O) groups excluding carboxylic acids is 2. The van der Waals surface area contributed by atoms with E-state index in [-0.39, 0.29) is 6.54 Å². The smallest absolute Gasteiger partial charge is 0.319 e. The molecule has 0 bridgehead atoms. The summed E-state index contributed by atoms with van der Waals surface area (Å²) in [5.74, 6) is 4.81. The van der Waals surface area contributed by atoms with Crippen LogP contribution in [0.3, 0.4) is 0 Å². The molecule has 21 heavy (non-hydrogen) atoms. The fraction of sp³-hybridized carbons (Fsp3) is 0.333. The molecule has 112 valence electrons. The normalized spacial score (nSPS) is 25.7. The van der Waals surface area contributed by atoms with E-state index >= 15 is 0 Å². The van der Waals surface area contributed by atoms with E-state index in [2.05, 4.69) is 10.6 Å². The number of urea groups is 1. The highest BCUT2D eigenvalue weighted by Crippen LogP contribution is 2.29. The number of anilines is 1. The molecular weight excluding hydrogens is 293 g/mol. The van der Waals surface area contributed by atoms with Crippen molar-refractivity contribution in [3.63, 3.8) is 0 Å². The molecule has 9 heteroatoms. The molecule has 1 aliphatic heterocycles. The van der Waals surface area contributed by atoms with E-state index in [9.17, 15) is 14.2 Å². The highest BCUT2D eigenvalue weighted by Gasteiger charge is 2.49. The lowest BCUT2D eigenvalue weighted by Gasteiger charge is -2.38. The SMILES string of the molecule is NN1CCC(NC(=O)Nc2ccccc2)[C@](N)(P=O)C1=O. The Bertz CT molecular complexity index is 555. The third kappa shape index (κ3) is 3.18. The lowest BCUT2D eigenvalue weighted by molar-refractivity contribution is -0.137. The van der Waals surface area contributed by atoms with E-state index in [4.69, 9.17) is 11.6 Å². The predicted octanol–water partition coefficient (Wildman–Crippen LogP) is 0.229. The molecule has 3 amide bonds. The molecule has 1 unspecified atom stereocenters. The minimum atomic E-state index is -1.75. The van der Waals surface area contributed by atoms with Crippen LogP contribution >= 0.6 is 8.46 Å². The Morgan fingerprint density at radius 1 is 1.38 bits per heavy atom. The second-order valence-electron chi connectivity index (χ2n) is 4.72. The van der Waals surface area contributed by atoms with Crippen molar-refractivity contribution in [1.29, 1.82) is 0 Å². The van der Waals surface area contributed by atoms with E-state index in [1.165, 1.54) is 0 Å². The summed E-state index contributed by atoms with van der Waals surface area (Å²) in [5, 5.41) is 4.35. The summed E-state index contributed by atoms with van der Waals surface area (Å²) in [6, 6.07) is 7.50. The van der Waals surface area contributed by atoms with Crippen molar-refractivity contribution in [2.24, 2.45) is 11.6 Å². The number of amides is 3. The van der Waals surface area contributed by atoms with Crippen LogP contribution in [0.25, 0.3) is 0 Å². The molecule has 0 aliphatic carbocycles. The summed E-state index contributed by atoms with van der Waals surface area (Å²) in [4.78, 5) is 23.9. The van der Waals surface area contributed by atoms with Crippen LogP contribution in [0, 0.1) is 0 Å². The molecule has 1 aliphatic rings. The molecule has 0 saturated carbocycles. The topological polar surface area (TPSA) is 131 Å². The third-order valence-electron chi connectivity index (χ3n) is 3.28. The molecule has 1 fully saturated rings. The molecule has 8 nitrogen and oxygen atoms in total. The molecule has 0 aromatic heterocycles. The number of rotatable bonds is 3. The van der Waals surface area contributed by atoms with Gasteiger partial charge < -0.3 is 16.4 Å². The van der Waals surface area contributed by atoms with Gasteiger partial charge in [0.2, 0.25) is 0 Å². The maximum atomic E-state index is 11.9. The standard InChI is InChI=1S/C12H16N5O3P/c13-12(21-20)9(6-7-17(14)10(12)18)16-11(19)15-8-4-2-1-3-5-8/h1-5,9H,6-7,13-14H2,(H2,15,16,19)/t9?,12-/m0/s1. The molecule has 1 heterocycles. The van der Waals surface area contributed by atoms with Crippen molar-refractivity contribution < 1.29 is 14.2 Å². The van der Waals surface area contributed by atoms with Gasteiger partial charge in [-0.05, 0) is 18.6 Å². The van der Waals surface area contributed by atoms with E-state index in [1.807, 2.05) is 6.07 Å². The molecule has 6 N–H and O–H groups in total. The fourth-order valence-corrected chi connectivity index (χ4v) is 2.63. The first-order chi connectivity index (χ1) is 9.97. The largest absolute Gasteiger partial charge is 0.332 e. The van der Waals surface area contributed by atoms with Gasteiger partial charge in [-0.1, -0.05) is 18.2 Å². The van der Waals surface area contributed by atoms with Crippen LogP contribution < -0.4 is 22.2 Å². The number of hydrogen-bond acceptors (Lipinski definition) is 5. The maximum Gasteiger partial charge on any atom is 0.319 e. The molecule has 0 spiro atoms. The molecule has 2 atom stereocenters. The average Bonchev–Trinajstić information content (AvgIpc) is 2.49. The molecule has 1 saturated heterocycles. The Morgan fingerprint density at radius 2 is 2.05 bits per heavy atom. The highest BCUT2D eigenvalue weighted by atomic mass is 31.1. The van der Waals surface area contributed by atoms with Crippen molar-refractivity contribution in [2.45, 2.75) is 17.7 Å². The van der Waals surface area contributed by atoms with E-state index in [0.29, 0.717) is 12.1 Å². The Labute approximate surface area is 123 Å². The van der Waals surface area contributed by atoms with Crippen LogP contribution in [-0.2, 0) is 9.36 Å². The number of nitrogens with two attached hydrogens (primary N) is 2. The van der Waals surface area contributed by atoms with Crippen molar-refractivity contribution in [2.75, 3.05) is 11.9 Å². The number of hydrogen-bond donors (Lipinski definition) is 4. The highest BCUT2D eigenvalue weighted by molar-refractivity contribution is 7.27. The van der Waals surface area contributed by atoms with Crippen molar-refractivity contribution >= 4 is 26.1 Å². The second-order valence-corrected chi connectivity index (χ2v) is 5.64. The van der Waals surface area contributed by atoms with Crippen LogP contribution in [0.1, 0.15) is 6.42 Å². The lowest BCUT2D eigenvalue weighted by Crippen LogP contribution is -2.69. The van der Waals surface area contributed by atoms with Crippen LogP contribution in [0.15, 0.2) is 30.3 Å². The summed E-state index contributed by atoms with van der Waals surface area (Å²) >= 11 is 0. The van der Waals surface area contributed by atoms with Crippen LogP contribution in [0.4, 0.5) is 10.5 Å². The number of carbonyl (C=O) groups is 2. The molecule has 1 aromatic carbocycles. The summed E-state index contributed by atoms with van der Waals surface area (Å²) in [6.45, 7) is 0.226.